The molecule has 0 heterocycles. The Bertz CT molecular complexity index is 2530. The van der Waals surface area contributed by atoms with Crippen molar-refractivity contribution < 1.29 is 80.2 Å². The van der Waals surface area contributed by atoms with Crippen LogP contribution in [0.2, 0.25) is 0 Å². The normalized spacial score (nSPS) is 14.5. The molecule has 5 atom stereocenters. The molecule has 5 unspecified atom stereocenters. The molecule has 0 aromatic carbocycles. The molecule has 3 N–H and O–H groups in total. The first-order chi connectivity index (χ1) is 51.7. The quantitative estimate of drug-likeness (QED) is 0.0169. The number of carbonyl (C=O) groups excluding carboxylic acids is 4. The van der Waals surface area contributed by atoms with E-state index in [2.05, 4.69) is 161 Å². The predicted octanol–water partition coefficient (Wildman–Crippen LogP) is 24.4. The van der Waals surface area contributed by atoms with Gasteiger partial charge in [-0.25, -0.2) is 9.13 Å². The molecule has 0 saturated carbocycles. The maximum absolute atomic E-state index is 13.1. The third kappa shape index (κ3) is 77.4. The minimum atomic E-state index is -4.99. The number of rotatable bonds is 77. The molecular weight excluding hydrogens is 1380 g/mol. The van der Waals surface area contributed by atoms with Crippen molar-refractivity contribution in [1.29, 1.82) is 0 Å². The van der Waals surface area contributed by atoms with Crippen molar-refractivity contribution >= 4 is 39.5 Å². The summed E-state index contributed by atoms with van der Waals surface area (Å²) in [6.45, 7) is 4.59. The highest BCUT2D eigenvalue weighted by Gasteiger charge is 2.30. The molecule has 0 spiro atoms. The highest BCUT2D eigenvalue weighted by atomic mass is 31.2. The van der Waals surface area contributed by atoms with E-state index < -0.39 is 97.5 Å². The summed E-state index contributed by atoms with van der Waals surface area (Å²) in [6, 6.07) is 0. The summed E-state index contributed by atoms with van der Waals surface area (Å²) in [6.07, 6.45) is 88.5. The number of phosphoric acid groups is 2. The highest BCUT2D eigenvalue weighted by molar-refractivity contribution is 7.47. The van der Waals surface area contributed by atoms with Gasteiger partial charge in [-0.2, -0.15) is 0 Å². The number of esters is 4. The molecule has 0 aliphatic rings. The van der Waals surface area contributed by atoms with Crippen molar-refractivity contribution in [2.75, 3.05) is 39.6 Å². The minimum absolute atomic E-state index is 0.0606. The number of carbonyl (C=O) groups is 4. The lowest BCUT2D eigenvalue weighted by molar-refractivity contribution is -0.161. The smallest absolute Gasteiger partial charge is 0.462 e. The van der Waals surface area contributed by atoms with Gasteiger partial charge in [0, 0.05) is 25.7 Å². The maximum atomic E-state index is 13.1. The van der Waals surface area contributed by atoms with E-state index in [1.165, 1.54) is 57.8 Å². The van der Waals surface area contributed by atoms with Crippen LogP contribution in [0.5, 0.6) is 0 Å². The molecule has 0 aliphatic heterocycles. The molecule has 19 heteroatoms. The Balaban J connectivity index is 5.37. The van der Waals surface area contributed by atoms with Crippen LogP contribution in [0.4, 0.5) is 0 Å². The number of aliphatic hydroxyl groups excluding tert-OH is 1. The zero-order chi connectivity index (χ0) is 77.4. The topological polar surface area (TPSA) is 237 Å². The van der Waals surface area contributed by atoms with Gasteiger partial charge in [0.1, 0.15) is 19.3 Å². The number of hydrogen-bond donors (Lipinski definition) is 3. The molecule has 0 radical (unpaired) electrons. The molecule has 106 heavy (non-hydrogen) atoms. The third-order valence-electron chi connectivity index (χ3n) is 17.1. The molecule has 17 nitrogen and oxygen atoms in total. The van der Waals surface area contributed by atoms with Gasteiger partial charge < -0.3 is 33.8 Å². The second kappa shape index (κ2) is 78.3. The molecular formula is C87H148O17P2. The second-order valence-corrected chi connectivity index (χ2v) is 30.2. The Labute approximate surface area is 644 Å². The molecule has 0 aliphatic carbocycles. The first-order valence-corrected chi connectivity index (χ1v) is 44.4. The van der Waals surface area contributed by atoms with E-state index in [1.807, 2.05) is 0 Å². The van der Waals surface area contributed by atoms with Gasteiger partial charge >= 0.3 is 39.5 Å². The molecule has 0 fully saturated rings. The van der Waals surface area contributed by atoms with Crippen LogP contribution in [-0.2, 0) is 65.4 Å². The Kier molecular flexibility index (Phi) is 74.8. The number of phosphoric ester groups is 2. The Morgan fingerprint density at radius 1 is 0.274 bits per heavy atom. The van der Waals surface area contributed by atoms with Gasteiger partial charge in [-0.05, 0) is 141 Å². The first kappa shape index (κ1) is 101. The SMILES string of the molecule is CC/C=C\C/C=C\C/C=C\C/C=C\CCCCCCCCC(=O)OCC(COP(=O)(O)OCC(O)COP(=O)(O)OCC(COC(=O)CCCCCCCC/C=C\C/C=C\C/C=C\CCCCC)OC(=O)CCCCCCCCCCCCC)OC(=O)CCCCCC/C=C\C/C=C\C/C=C\C/C=C\CC. The summed E-state index contributed by atoms with van der Waals surface area (Å²) in [5.41, 5.74) is 0. The van der Waals surface area contributed by atoms with Gasteiger partial charge in [0.05, 0.1) is 26.4 Å². The van der Waals surface area contributed by atoms with Crippen LogP contribution < -0.4 is 0 Å². The summed E-state index contributed by atoms with van der Waals surface area (Å²) in [5, 5.41) is 10.7. The van der Waals surface area contributed by atoms with Crippen LogP contribution in [0.3, 0.4) is 0 Å². The number of allylic oxidation sites excluding steroid dienone is 22. The van der Waals surface area contributed by atoms with E-state index >= 15 is 0 Å². The van der Waals surface area contributed by atoms with Crippen LogP contribution in [0.15, 0.2) is 134 Å². The van der Waals surface area contributed by atoms with Crippen molar-refractivity contribution in [1.82, 2.24) is 0 Å². The molecule has 608 valence electrons. The van der Waals surface area contributed by atoms with Crippen molar-refractivity contribution in [3.05, 3.63) is 134 Å². The van der Waals surface area contributed by atoms with E-state index in [0.29, 0.717) is 25.7 Å². The first-order valence-electron chi connectivity index (χ1n) is 41.4. The molecule has 0 amide bonds. The van der Waals surface area contributed by atoms with Crippen molar-refractivity contribution in [3.63, 3.8) is 0 Å². The Hall–Kier alpha value is -4.80. The average molecular weight is 1530 g/mol. The lowest BCUT2D eigenvalue weighted by Gasteiger charge is -2.21. The number of ether oxygens (including phenoxy) is 4. The van der Waals surface area contributed by atoms with E-state index in [-0.39, 0.29) is 25.7 Å². The van der Waals surface area contributed by atoms with Gasteiger partial charge in [0.25, 0.3) is 0 Å². The summed E-state index contributed by atoms with van der Waals surface area (Å²) in [7, 11) is -9.98. The minimum Gasteiger partial charge on any atom is -0.462 e. The largest absolute Gasteiger partial charge is 0.472 e. The van der Waals surface area contributed by atoms with Gasteiger partial charge in [-0.1, -0.05) is 303 Å². The second-order valence-electron chi connectivity index (χ2n) is 27.3. The number of aliphatic hydroxyl groups is 1. The molecule has 0 saturated heterocycles. The van der Waals surface area contributed by atoms with Crippen molar-refractivity contribution in [3.8, 4) is 0 Å². The maximum Gasteiger partial charge on any atom is 0.472 e. The van der Waals surface area contributed by atoms with Crippen LogP contribution in [0.1, 0.15) is 336 Å². The van der Waals surface area contributed by atoms with Gasteiger partial charge in [-0.15, -0.1) is 0 Å². The summed E-state index contributed by atoms with van der Waals surface area (Å²) in [5.74, 6) is -2.22. The summed E-state index contributed by atoms with van der Waals surface area (Å²) >= 11 is 0. The molecule has 0 aromatic heterocycles. The monoisotopic (exact) mass is 1530 g/mol. The molecule has 0 rings (SSSR count). The lowest BCUT2D eigenvalue weighted by atomic mass is 10.1. The van der Waals surface area contributed by atoms with E-state index in [1.54, 1.807) is 0 Å². The van der Waals surface area contributed by atoms with Gasteiger partial charge in [0.15, 0.2) is 12.2 Å². The van der Waals surface area contributed by atoms with Crippen LogP contribution in [0.25, 0.3) is 0 Å². The van der Waals surface area contributed by atoms with Crippen molar-refractivity contribution in [2.24, 2.45) is 0 Å². The predicted molar refractivity (Wildman–Crippen MR) is 436 cm³/mol. The zero-order valence-electron chi connectivity index (χ0n) is 66.6. The van der Waals surface area contributed by atoms with E-state index in [4.69, 9.17) is 37.0 Å². The number of hydrogen-bond acceptors (Lipinski definition) is 15. The fourth-order valence-corrected chi connectivity index (χ4v) is 12.4. The average Bonchev–Trinajstić information content (AvgIpc) is 0.919. The van der Waals surface area contributed by atoms with Crippen molar-refractivity contribution in [2.45, 2.75) is 354 Å². The summed E-state index contributed by atoms with van der Waals surface area (Å²) in [4.78, 5) is 73.1. The molecule has 0 aromatic rings. The van der Waals surface area contributed by atoms with E-state index in [0.717, 1.165) is 199 Å². The highest BCUT2D eigenvalue weighted by Crippen LogP contribution is 2.45. The van der Waals surface area contributed by atoms with Gasteiger partial charge in [0.2, 0.25) is 0 Å². The standard InChI is InChI=1S/C87H148O17P2/c1-5-9-13-17-21-25-29-32-35-38-40-43-45-48-52-55-59-63-67-71-84(89)97-77-82(103-86(91)73-69-65-61-57-51-28-24-20-16-12-8-4)79-101-105(93,94)99-75-81(88)76-100-106(95,96)102-80-83(104-87(92)74-70-66-62-58-54-50-47-42-37-34-31-27-23-19-15-11-7-3)78-98-85(90)72-68-64-60-56-53-49-46-44-41-39-36-33-30-26-22-18-14-10-6-2/h10-11,14-15,21-23,25-27,32-37,40-41,43-44,47,50,81-83,88H,5-9,12-13,16-20,24,28-31,38-39,42,45-46,48-49,51-80H2,1-4H3,(H,93,94)(H,95,96)/b14-10-,15-11-,25-21-,26-22-,27-23-,35-32-,36-33-,37-34-,43-40-,44-41-,50-47-. The molecule has 0 bridgehead atoms. The zero-order valence-corrected chi connectivity index (χ0v) is 68.4. The van der Waals surface area contributed by atoms with Crippen LogP contribution >= 0.6 is 15.6 Å². The number of unbranched alkanes of at least 4 members (excludes halogenated alkanes) is 29. The summed E-state index contributed by atoms with van der Waals surface area (Å²) < 4.78 is 68.7. The van der Waals surface area contributed by atoms with Crippen LogP contribution in [0, 0.1) is 0 Å². The third-order valence-corrected chi connectivity index (χ3v) is 19.0. The van der Waals surface area contributed by atoms with Gasteiger partial charge in [-0.3, -0.25) is 37.3 Å². The lowest BCUT2D eigenvalue weighted by Crippen LogP contribution is -2.30. The Morgan fingerprint density at radius 3 is 0.774 bits per heavy atom. The van der Waals surface area contributed by atoms with E-state index in [9.17, 15) is 43.2 Å². The fraction of sp³-hybridized carbons (Fsp3) is 0.701. The van der Waals surface area contributed by atoms with Crippen LogP contribution in [-0.4, -0.2) is 96.7 Å². The fourth-order valence-electron chi connectivity index (χ4n) is 10.9. The Morgan fingerprint density at radius 2 is 0.491 bits per heavy atom.